The Labute approximate surface area is 158 Å². The van der Waals surface area contributed by atoms with Crippen LogP contribution in [0.3, 0.4) is 0 Å². The Morgan fingerprint density at radius 1 is 1.19 bits per heavy atom. The van der Waals surface area contributed by atoms with Gasteiger partial charge in [-0.2, -0.15) is 0 Å². The third-order valence-electron chi connectivity index (χ3n) is 4.85. The van der Waals surface area contributed by atoms with Gasteiger partial charge in [0, 0.05) is 6.04 Å². The summed E-state index contributed by atoms with van der Waals surface area (Å²) in [6.07, 6.45) is 2.74. The van der Waals surface area contributed by atoms with Crippen LogP contribution in [0.1, 0.15) is 25.7 Å². The summed E-state index contributed by atoms with van der Waals surface area (Å²) in [6.45, 7) is 0. The van der Waals surface area contributed by atoms with Gasteiger partial charge in [-0.05, 0) is 31.0 Å². The van der Waals surface area contributed by atoms with Crippen LogP contribution in [-0.4, -0.2) is 47.3 Å². The minimum atomic E-state index is -3.91. The third-order valence-corrected chi connectivity index (χ3v) is 7.18. The van der Waals surface area contributed by atoms with Gasteiger partial charge in [-0.25, -0.2) is 17.9 Å². The highest BCUT2D eigenvalue weighted by atomic mass is 32.2. The number of aromatic amines is 1. The van der Waals surface area contributed by atoms with E-state index in [-0.39, 0.29) is 32.9 Å². The van der Waals surface area contributed by atoms with Crippen molar-refractivity contribution < 1.29 is 22.4 Å². The second-order valence-corrected chi connectivity index (χ2v) is 9.21. The average molecular weight is 411 g/mol. The van der Waals surface area contributed by atoms with Gasteiger partial charge in [0.05, 0.1) is 22.2 Å². The number of fused-ring (bicyclic) bond motifs is 1. The number of H-pyrrole nitrogens is 1. The lowest BCUT2D eigenvalue weighted by Crippen LogP contribution is -2.54. The van der Waals surface area contributed by atoms with Crippen molar-refractivity contribution in [3.63, 3.8) is 0 Å². The van der Waals surface area contributed by atoms with Crippen LogP contribution in [-0.2, 0) is 14.8 Å². The molecule has 0 bridgehead atoms. The van der Waals surface area contributed by atoms with Crippen molar-refractivity contribution in [2.24, 2.45) is 0 Å². The molecule has 2 aliphatic rings. The summed E-state index contributed by atoms with van der Waals surface area (Å²) < 4.78 is 33.2. The SMILES string of the molecule is O=C1CSC(=O)N1C1CCCCC1NS(=O)(=O)c1ccc2oc(=O)[nH]c2c1. The summed E-state index contributed by atoms with van der Waals surface area (Å²) in [5.41, 5.74) is 0.546. The second-order valence-electron chi connectivity index (χ2n) is 6.57. The molecule has 2 fully saturated rings. The van der Waals surface area contributed by atoms with Gasteiger partial charge in [-0.15, -0.1) is 0 Å². The molecule has 1 aliphatic heterocycles. The monoisotopic (exact) mass is 411 g/mol. The highest BCUT2D eigenvalue weighted by molar-refractivity contribution is 8.14. The van der Waals surface area contributed by atoms with E-state index in [1.807, 2.05) is 0 Å². The van der Waals surface area contributed by atoms with E-state index in [1.165, 1.54) is 23.1 Å². The zero-order valence-electron chi connectivity index (χ0n) is 14.1. The number of sulfonamides is 1. The fourth-order valence-electron chi connectivity index (χ4n) is 3.61. The van der Waals surface area contributed by atoms with Gasteiger partial charge in [-0.1, -0.05) is 24.6 Å². The number of benzene rings is 1. The van der Waals surface area contributed by atoms with Crippen LogP contribution in [0.15, 0.2) is 32.3 Å². The molecule has 2 N–H and O–H groups in total. The lowest BCUT2D eigenvalue weighted by atomic mass is 9.90. The zero-order valence-corrected chi connectivity index (χ0v) is 15.8. The van der Waals surface area contributed by atoms with Crippen LogP contribution in [0.4, 0.5) is 4.79 Å². The normalized spacial score (nSPS) is 24.1. The van der Waals surface area contributed by atoms with Crippen molar-refractivity contribution in [1.29, 1.82) is 0 Å². The van der Waals surface area contributed by atoms with E-state index in [2.05, 4.69) is 9.71 Å². The first kappa shape index (κ1) is 18.3. The summed E-state index contributed by atoms with van der Waals surface area (Å²) in [5, 5.41) is -0.325. The van der Waals surface area contributed by atoms with Crippen LogP contribution < -0.4 is 10.5 Å². The molecular weight excluding hydrogens is 394 g/mol. The minimum Gasteiger partial charge on any atom is -0.408 e. The van der Waals surface area contributed by atoms with E-state index in [0.717, 1.165) is 24.6 Å². The topological polar surface area (TPSA) is 130 Å². The van der Waals surface area contributed by atoms with Crippen molar-refractivity contribution in [3.05, 3.63) is 28.7 Å². The van der Waals surface area contributed by atoms with Crippen molar-refractivity contribution >= 4 is 44.0 Å². The van der Waals surface area contributed by atoms with Crippen molar-refractivity contribution in [3.8, 4) is 0 Å². The number of carbonyl (C=O) groups is 2. The summed E-state index contributed by atoms with van der Waals surface area (Å²) in [5.74, 6) is -0.846. The molecule has 2 heterocycles. The third kappa shape index (κ3) is 3.42. The van der Waals surface area contributed by atoms with Crippen LogP contribution in [0.25, 0.3) is 11.1 Å². The molecule has 144 valence electrons. The maximum absolute atomic E-state index is 12.8. The Hall–Kier alpha value is -2.11. The number of oxazole rings is 1. The van der Waals surface area contributed by atoms with Gasteiger partial charge in [0.15, 0.2) is 5.58 Å². The lowest BCUT2D eigenvalue weighted by Gasteiger charge is -2.36. The first-order chi connectivity index (χ1) is 12.8. The van der Waals surface area contributed by atoms with Crippen LogP contribution in [0.2, 0.25) is 0 Å². The average Bonchev–Trinajstić information content (AvgIpc) is 3.15. The Kier molecular flexibility index (Phi) is 4.60. The summed E-state index contributed by atoms with van der Waals surface area (Å²) in [7, 11) is -3.91. The molecule has 27 heavy (non-hydrogen) atoms. The summed E-state index contributed by atoms with van der Waals surface area (Å²) in [6, 6.07) is 3.05. The molecule has 0 spiro atoms. The first-order valence-electron chi connectivity index (χ1n) is 8.49. The Bertz CT molecular complexity index is 1060. The number of carbonyl (C=O) groups excluding carboxylic acids is 2. The van der Waals surface area contributed by atoms with Gasteiger partial charge < -0.3 is 4.42 Å². The van der Waals surface area contributed by atoms with Crippen LogP contribution in [0.5, 0.6) is 0 Å². The molecule has 2 unspecified atom stereocenters. The number of nitrogens with one attached hydrogen (secondary N) is 2. The Morgan fingerprint density at radius 3 is 2.70 bits per heavy atom. The number of nitrogens with zero attached hydrogens (tertiary/aromatic N) is 1. The fourth-order valence-corrected chi connectivity index (χ4v) is 5.70. The van der Waals surface area contributed by atoms with E-state index in [9.17, 15) is 22.8 Å². The number of aromatic nitrogens is 1. The number of amides is 2. The second kappa shape index (κ2) is 6.80. The molecule has 1 aromatic carbocycles. The maximum atomic E-state index is 12.8. The molecule has 1 saturated heterocycles. The molecule has 2 amide bonds. The van der Waals surface area contributed by atoms with Gasteiger partial charge in [-0.3, -0.25) is 19.5 Å². The lowest BCUT2D eigenvalue weighted by molar-refractivity contribution is -0.127. The van der Waals surface area contributed by atoms with E-state index < -0.39 is 27.9 Å². The number of hydrogen-bond donors (Lipinski definition) is 2. The predicted octanol–water partition coefficient (Wildman–Crippen LogP) is 1.41. The molecule has 1 aromatic heterocycles. The standard InChI is InChI=1S/C16H17N3O6S2/c20-14-8-26-16(22)19(14)12-4-2-1-3-10(12)18-27(23,24)9-5-6-13-11(7-9)17-15(21)25-13/h5-7,10,12,18H,1-4,8H2,(H,17,21). The van der Waals surface area contributed by atoms with Crippen molar-refractivity contribution in [1.82, 2.24) is 14.6 Å². The maximum Gasteiger partial charge on any atom is 0.417 e. The van der Waals surface area contributed by atoms with Crippen LogP contribution >= 0.6 is 11.8 Å². The van der Waals surface area contributed by atoms with E-state index in [1.54, 1.807) is 0 Å². The number of imide groups is 1. The van der Waals surface area contributed by atoms with E-state index in [4.69, 9.17) is 4.42 Å². The smallest absolute Gasteiger partial charge is 0.408 e. The molecule has 9 nitrogen and oxygen atoms in total. The molecule has 11 heteroatoms. The first-order valence-corrected chi connectivity index (χ1v) is 11.0. The molecule has 1 aliphatic carbocycles. The fraction of sp³-hybridized carbons (Fsp3) is 0.438. The molecule has 4 rings (SSSR count). The summed E-state index contributed by atoms with van der Waals surface area (Å²) >= 11 is 0.943. The molecule has 0 radical (unpaired) electrons. The van der Waals surface area contributed by atoms with E-state index in [0.29, 0.717) is 12.8 Å². The molecule has 1 saturated carbocycles. The quantitative estimate of drug-likeness (QED) is 0.778. The van der Waals surface area contributed by atoms with Crippen molar-refractivity contribution in [2.45, 2.75) is 42.7 Å². The summed E-state index contributed by atoms with van der Waals surface area (Å²) in [4.78, 5) is 39.0. The number of hydrogen-bond acceptors (Lipinski definition) is 7. The number of thioether (sulfide) groups is 1. The van der Waals surface area contributed by atoms with Crippen molar-refractivity contribution in [2.75, 3.05) is 5.75 Å². The molecule has 2 atom stereocenters. The van der Waals surface area contributed by atoms with Gasteiger partial charge >= 0.3 is 5.76 Å². The van der Waals surface area contributed by atoms with Gasteiger partial charge in [0.25, 0.3) is 5.24 Å². The zero-order chi connectivity index (χ0) is 19.2. The molecule has 2 aromatic rings. The largest absolute Gasteiger partial charge is 0.417 e. The van der Waals surface area contributed by atoms with Crippen LogP contribution in [0, 0.1) is 0 Å². The minimum absolute atomic E-state index is 0.0233. The molecular formula is C16H17N3O6S2. The Morgan fingerprint density at radius 2 is 1.96 bits per heavy atom. The van der Waals surface area contributed by atoms with Gasteiger partial charge in [0.1, 0.15) is 0 Å². The van der Waals surface area contributed by atoms with E-state index >= 15 is 0 Å². The predicted molar refractivity (Wildman–Crippen MR) is 97.9 cm³/mol. The number of rotatable bonds is 4. The van der Waals surface area contributed by atoms with Gasteiger partial charge in [0.2, 0.25) is 15.9 Å². The highest BCUT2D eigenvalue weighted by Gasteiger charge is 2.42. The Balaban J connectivity index is 1.62. The highest BCUT2D eigenvalue weighted by Crippen LogP contribution is 2.31.